The van der Waals surface area contributed by atoms with E-state index in [1.54, 1.807) is 22.7 Å². The second-order valence-electron chi connectivity index (χ2n) is 6.96. The molecule has 1 aliphatic rings. The van der Waals surface area contributed by atoms with Gasteiger partial charge in [0.1, 0.15) is 11.5 Å². The topological polar surface area (TPSA) is 35.5 Å². The summed E-state index contributed by atoms with van der Waals surface area (Å²) in [5.74, 6) is 1.24. The summed E-state index contributed by atoms with van der Waals surface area (Å²) < 4.78 is 12.8. The van der Waals surface area contributed by atoms with Gasteiger partial charge < -0.3 is 9.47 Å². The average Bonchev–Trinajstić information content (AvgIpc) is 3.34. The number of ether oxygens (including phenoxy) is 2. The highest BCUT2D eigenvalue weighted by Crippen LogP contribution is 2.54. The van der Waals surface area contributed by atoms with Gasteiger partial charge in [0.05, 0.1) is 12.0 Å². The van der Waals surface area contributed by atoms with Crippen molar-refractivity contribution in [3.8, 4) is 21.9 Å². The molecule has 0 fully saturated rings. The van der Waals surface area contributed by atoms with Gasteiger partial charge in [-0.2, -0.15) is 0 Å². The van der Waals surface area contributed by atoms with E-state index in [0.29, 0.717) is 12.4 Å². The summed E-state index contributed by atoms with van der Waals surface area (Å²) in [4.78, 5) is 15.2. The summed E-state index contributed by atoms with van der Waals surface area (Å²) in [5, 5.41) is 4.09. The zero-order valence-corrected chi connectivity index (χ0v) is 18.8. The van der Waals surface area contributed by atoms with Crippen LogP contribution in [0.4, 0.5) is 0 Å². The molecule has 1 atom stereocenters. The van der Waals surface area contributed by atoms with Crippen molar-refractivity contribution in [3.63, 3.8) is 0 Å². The fourth-order valence-electron chi connectivity index (χ4n) is 3.50. The lowest BCUT2D eigenvalue weighted by atomic mass is 9.71. The summed E-state index contributed by atoms with van der Waals surface area (Å²) in [7, 11) is 0. The predicted octanol–water partition coefficient (Wildman–Crippen LogP) is 6.37. The molecule has 0 aliphatic carbocycles. The molecule has 0 saturated carbocycles. The van der Waals surface area contributed by atoms with E-state index < -0.39 is 5.41 Å². The zero-order chi connectivity index (χ0) is 19.0. The van der Waals surface area contributed by atoms with Crippen LogP contribution in [0, 0.1) is 5.41 Å². The molecule has 1 aromatic carbocycles. The van der Waals surface area contributed by atoms with Crippen LogP contribution in [0.2, 0.25) is 0 Å². The van der Waals surface area contributed by atoms with Crippen LogP contribution in [0.5, 0.6) is 11.5 Å². The highest BCUT2D eigenvalue weighted by Gasteiger charge is 2.47. The molecule has 0 radical (unpaired) electrons. The van der Waals surface area contributed by atoms with Crippen molar-refractivity contribution in [2.24, 2.45) is 5.41 Å². The first-order chi connectivity index (χ1) is 13.0. The first-order valence-corrected chi connectivity index (χ1v) is 12.0. The predicted molar refractivity (Wildman–Crippen MR) is 120 cm³/mol. The Bertz CT molecular complexity index is 946. The van der Waals surface area contributed by atoms with Gasteiger partial charge in [0.15, 0.2) is 0 Å². The number of halogens is 1. The summed E-state index contributed by atoms with van der Waals surface area (Å²) in [6.07, 6.45) is 0. The van der Waals surface area contributed by atoms with E-state index in [1.165, 1.54) is 4.88 Å². The largest absolute Gasteiger partial charge is 0.493 e. The Kier molecular flexibility index (Phi) is 5.31. The number of carbonyl (C=O) groups is 1. The van der Waals surface area contributed by atoms with E-state index in [1.807, 2.05) is 37.4 Å². The lowest BCUT2D eigenvalue weighted by molar-refractivity contribution is -0.146. The number of hydrogen-bond acceptors (Lipinski definition) is 5. The highest BCUT2D eigenvalue weighted by molar-refractivity contribution is 14.1. The van der Waals surface area contributed by atoms with Gasteiger partial charge in [0.2, 0.25) is 0 Å². The number of rotatable bonds is 5. The Morgan fingerprint density at radius 2 is 1.96 bits per heavy atom. The third-order valence-electron chi connectivity index (χ3n) is 4.80. The molecule has 1 unspecified atom stereocenters. The molecule has 1 aliphatic heterocycles. The van der Waals surface area contributed by atoms with Gasteiger partial charge in [-0.15, -0.1) is 22.7 Å². The van der Waals surface area contributed by atoms with Gasteiger partial charge in [-0.1, -0.05) is 34.7 Å². The SMILES string of the molecule is CC1(C)C(=O)Oc2c(-c3cccs3)cc(OCCI)cc2C1c1cccs1. The quantitative estimate of drug-likeness (QED) is 0.173. The van der Waals surface area contributed by atoms with E-state index in [-0.39, 0.29) is 11.9 Å². The van der Waals surface area contributed by atoms with Crippen LogP contribution in [0.3, 0.4) is 0 Å². The molecule has 0 saturated heterocycles. The number of thiophene rings is 2. The lowest BCUT2D eigenvalue weighted by Crippen LogP contribution is -2.39. The molecule has 140 valence electrons. The molecular weight excluding hydrogens is 491 g/mol. The third kappa shape index (κ3) is 3.43. The summed E-state index contributed by atoms with van der Waals surface area (Å²) in [6.45, 7) is 4.58. The second-order valence-corrected chi connectivity index (χ2v) is 9.97. The molecule has 3 heterocycles. The highest BCUT2D eigenvalue weighted by atomic mass is 127. The average molecular weight is 510 g/mol. The van der Waals surface area contributed by atoms with Gasteiger partial charge in [0, 0.05) is 31.2 Å². The van der Waals surface area contributed by atoms with Crippen molar-refractivity contribution >= 4 is 51.2 Å². The normalized spacial score (nSPS) is 18.0. The molecule has 6 heteroatoms. The molecule has 27 heavy (non-hydrogen) atoms. The number of fused-ring (bicyclic) bond motifs is 1. The van der Waals surface area contributed by atoms with E-state index in [9.17, 15) is 4.79 Å². The van der Waals surface area contributed by atoms with Crippen molar-refractivity contribution in [1.29, 1.82) is 0 Å². The van der Waals surface area contributed by atoms with Crippen molar-refractivity contribution in [2.45, 2.75) is 19.8 Å². The minimum absolute atomic E-state index is 0.0596. The number of alkyl halides is 1. The van der Waals surface area contributed by atoms with Crippen LogP contribution in [0.1, 0.15) is 30.2 Å². The third-order valence-corrected chi connectivity index (χ3v) is 7.09. The van der Waals surface area contributed by atoms with Gasteiger partial charge >= 0.3 is 5.97 Å². The maximum Gasteiger partial charge on any atom is 0.317 e. The summed E-state index contributed by atoms with van der Waals surface area (Å²) in [5.41, 5.74) is 1.31. The summed E-state index contributed by atoms with van der Waals surface area (Å²) in [6, 6.07) is 12.2. The second kappa shape index (κ2) is 7.56. The van der Waals surface area contributed by atoms with E-state index in [2.05, 4.69) is 46.2 Å². The Morgan fingerprint density at radius 1 is 1.19 bits per heavy atom. The molecule has 2 aromatic heterocycles. The molecule has 0 amide bonds. The fraction of sp³-hybridized carbons (Fsp3) is 0.286. The minimum Gasteiger partial charge on any atom is -0.493 e. The van der Waals surface area contributed by atoms with Crippen molar-refractivity contribution in [2.75, 3.05) is 11.0 Å². The van der Waals surface area contributed by atoms with Gasteiger partial charge in [-0.3, -0.25) is 4.79 Å². The molecule has 0 spiro atoms. The summed E-state index contributed by atoms with van der Waals surface area (Å²) >= 11 is 5.62. The monoisotopic (exact) mass is 510 g/mol. The van der Waals surface area contributed by atoms with Crippen LogP contribution in [0.15, 0.2) is 47.2 Å². The first kappa shape index (κ1) is 19.0. The number of carbonyl (C=O) groups excluding carboxylic acids is 1. The lowest BCUT2D eigenvalue weighted by Gasteiger charge is -2.38. The van der Waals surface area contributed by atoms with Crippen molar-refractivity contribution < 1.29 is 14.3 Å². The van der Waals surface area contributed by atoms with Gasteiger partial charge in [-0.25, -0.2) is 0 Å². The Morgan fingerprint density at radius 3 is 2.63 bits per heavy atom. The molecule has 4 rings (SSSR count). The zero-order valence-electron chi connectivity index (χ0n) is 15.0. The Labute approximate surface area is 180 Å². The first-order valence-electron chi connectivity index (χ1n) is 8.68. The maximum atomic E-state index is 12.9. The standard InChI is InChI=1S/C21H19IO3S2/c1-21(2)18(17-6-4-10-27-17)15-12-13(24-8-7-22)11-14(16-5-3-9-26-16)19(15)25-20(21)23/h3-6,9-12,18H,7-8H2,1-2H3. The molecule has 0 N–H and O–H groups in total. The minimum atomic E-state index is -0.646. The smallest absolute Gasteiger partial charge is 0.317 e. The maximum absolute atomic E-state index is 12.9. The number of benzene rings is 1. The van der Waals surface area contributed by atoms with E-state index in [4.69, 9.17) is 9.47 Å². The Balaban J connectivity index is 1.95. The van der Waals surface area contributed by atoms with Crippen LogP contribution in [0.25, 0.3) is 10.4 Å². The van der Waals surface area contributed by atoms with E-state index >= 15 is 0 Å². The number of esters is 1. The van der Waals surface area contributed by atoms with Crippen LogP contribution in [-0.4, -0.2) is 17.0 Å². The Hall–Kier alpha value is -1.38. The van der Waals surface area contributed by atoms with E-state index in [0.717, 1.165) is 26.2 Å². The molecule has 3 aromatic rings. The van der Waals surface area contributed by atoms with Gasteiger partial charge in [-0.05, 0) is 48.9 Å². The van der Waals surface area contributed by atoms with Crippen LogP contribution in [-0.2, 0) is 4.79 Å². The molecular formula is C21H19IO3S2. The van der Waals surface area contributed by atoms with Crippen molar-refractivity contribution in [1.82, 2.24) is 0 Å². The molecule has 3 nitrogen and oxygen atoms in total. The number of hydrogen-bond donors (Lipinski definition) is 0. The van der Waals surface area contributed by atoms with Crippen molar-refractivity contribution in [3.05, 3.63) is 57.6 Å². The van der Waals surface area contributed by atoms with Gasteiger partial charge in [0.25, 0.3) is 0 Å². The molecule has 0 bridgehead atoms. The van der Waals surface area contributed by atoms with Crippen LogP contribution < -0.4 is 9.47 Å². The van der Waals surface area contributed by atoms with Crippen LogP contribution >= 0.6 is 45.3 Å². The fourth-order valence-corrected chi connectivity index (χ4v) is 5.49.